The summed E-state index contributed by atoms with van der Waals surface area (Å²) >= 11 is 0. The van der Waals surface area contributed by atoms with Gasteiger partial charge in [-0.05, 0) is 55.7 Å². The van der Waals surface area contributed by atoms with E-state index >= 15 is 0 Å². The van der Waals surface area contributed by atoms with Gasteiger partial charge in [-0.2, -0.15) is 5.26 Å². The number of nitrogens with zero attached hydrogens (tertiary/aromatic N) is 2. The Labute approximate surface area is 142 Å². The predicted molar refractivity (Wildman–Crippen MR) is 98.3 cm³/mol. The molecular formula is C21H19N3. The number of nitriles is 1. The van der Waals surface area contributed by atoms with Crippen LogP contribution in [-0.4, -0.2) is 4.98 Å². The molecule has 118 valence electrons. The van der Waals surface area contributed by atoms with Crippen molar-refractivity contribution in [3.8, 4) is 17.2 Å². The van der Waals surface area contributed by atoms with Crippen LogP contribution in [0.3, 0.4) is 0 Å². The summed E-state index contributed by atoms with van der Waals surface area (Å²) in [6.45, 7) is 6.16. The van der Waals surface area contributed by atoms with Crippen molar-refractivity contribution in [2.45, 2.75) is 20.8 Å². The van der Waals surface area contributed by atoms with Gasteiger partial charge in [0.15, 0.2) is 0 Å². The predicted octanol–water partition coefficient (Wildman–Crippen LogP) is 5.29. The second-order valence-corrected chi connectivity index (χ2v) is 6.10. The zero-order valence-corrected chi connectivity index (χ0v) is 14.1. The van der Waals surface area contributed by atoms with Crippen LogP contribution in [0, 0.1) is 32.1 Å². The van der Waals surface area contributed by atoms with Crippen molar-refractivity contribution in [2.24, 2.45) is 0 Å². The Balaban J connectivity index is 1.95. The van der Waals surface area contributed by atoms with Crippen LogP contribution in [-0.2, 0) is 0 Å². The lowest BCUT2D eigenvalue weighted by Crippen LogP contribution is -1.98. The molecule has 2 aromatic carbocycles. The number of aryl methyl sites for hydroxylation is 3. The molecule has 0 bridgehead atoms. The Kier molecular flexibility index (Phi) is 4.31. The van der Waals surface area contributed by atoms with Gasteiger partial charge in [0, 0.05) is 17.4 Å². The highest BCUT2D eigenvalue weighted by molar-refractivity contribution is 5.70. The van der Waals surface area contributed by atoms with Crippen molar-refractivity contribution in [3.05, 3.63) is 77.0 Å². The third kappa shape index (κ3) is 3.44. The van der Waals surface area contributed by atoms with Crippen molar-refractivity contribution in [3.63, 3.8) is 0 Å². The summed E-state index contributed by atoms with van der Waals surface area (Å²) in [5, 5.41) is 12.8. The number of hydrogen-bond donors (Lipinski definition) is 1. The lowest BCUT2D eigenvalue weighted by atomic mass is 10.0. The lowest BCUT2D eigenvalue weighted by Gasteiger charge is -2.11. The fourth-order valence-electron chi connectivity index (χ4n) is 2.74. The van der Waals surface area contributed by atoms with Gasteiger partial charge in [-0.3, -0.25) is 0 Å². The number of hydrogen-bond acceptors (Lipinski definition) is 3. The molecule has 0 aliphatic carbocycles. The van der Waals surface area contributed by atoms with Crippen LogP contribution in [0.5, 0.6) is 0 Å². The second kappa shape index (κ2) is 6.55. The minimum Gasteiger partial charge on any atom is -0.339 e. The third-order valence-corrected chi connectivity index (χ3v) is 3.88. The van der Waals surface area contributed by atoms with Crippen LogP contribution < -0.4 is 5.32 Å². The molecule has 0 unspecified atom stereocenters. The Morgan fingerprint density at radius 2 is 1.50 bits per heavy atom. The van der Waals surface area contributed by atoms with Gasteiger partial charge in [0.25, 0.3) is 0 Å². The van der Waals surface area contributed by atoms with E-state index in [4.69, 9.17) is 0 Å². The van der Waals surface area contributed by atoms with Crippen LogP contribution in [0.4, 0.5) is 11.5 Å². The van der Waals surface area contributed by atoms with Gasteiger partial charge in [-0.1, -0.05) is 35.9 Å². The van der Waals surface area contributed by atoms with Crippen molar-refractivity contribution < 1.29 is 0 Å². The summed E-state index contributed by atoms with van der Waals surface area (Å²) in [4.78, 5) is 4.47. The Morgan fingerprint density at radius 1 is 0.833 bits per heavy atom. The molecule has 1 N–H and O–H groups in total. The Bertz CT molecular complexity index is 899. The largest absolute Gasteiger partial charge is 0.339 e. The summed E-state index contributed by atoms with van der Waals surface area (Å²) in [7, 11) is 0. The van der Waals surface area contributed by atoms with Crippen molar-refractivity contribution in [1.29, 1.82) is 5.26 Å². The van der Waals surface area contributed by atoms with E-state index in [0.29, 0.717) is 11.4 Å². The van der Waals surface area contributed by atoms with E-state index in [1.807, 2.05) is 30.3 Å². The summed E-state index contributed by atoms with van der Waals surface area (Å²) in [6, 6.07) is 18.5. The first-order valence-electron chi connectivity index (χ1n) is 7.87. The molecule has 24 heavy (non-hydrogen) atoms. The second-order valence-electron chi connectivity index (χ2n) is 6.10. The summed E-state index contributed by atoms with van der Waals surface area (Å²) in [5.74, 6) is 0.582. The smallest absolute Gasteiger partial charge is 0.148 e. The average molecular weight is 313 g/mol. The maximum Gasteiger partial charge on any atom is 0.148 e. The summed E-state index contributed by atoms with van der Waals surface area (Å²) < 4.78 is 0. The fourth-order valence-corrected chi connectivity index (χ4v) is 2.74. The van der Waals surface area contributed by atoms with Gasteiger partial charge >= 0.3 is 0 Å². The van der Waals surface area contributed by atoms with Crippen LogP contribution in [0.2, 0.25) is 0 Å². The quantitative estimate of drug-likeness (QED) is 0.714. The van der Waals surface area contributed by atoms with Crippen LogP contribution >= 0.6 is 0 Å². The lowest BCUT2D eigenvalue weighted by molar-refractivity contribution is 1.27. The van der Waals surface area contributed by atoms with E-state index in [1.54, 1.807) is 6.20 Å². The number of rotatable bonds is 3. The maximum atomic E-state index is 9.49. The van der Waals surface area contributed by atoms with Gasteiger partial charge in [-0.15, -0.1) is 0 Å². The molecule has 0 amide bonds. The van der Waals surface area contributed by atoms with E-state index in [2.05, 4.69) is 55.3 Å². The van der Waals surface area contributed by atoms with Crippen LogP contribution in [0.25, 0.3) is 11.1 Å². The Hall–Kier alpha value is -3.12. The molecule has 0 fully saturated rings. The number of benzene rings is 2. The minimum absolute atomic E-state index is 0.534. The molecule has 3 aromatic rings. The first-order valence-corrected chi connectivity index (χ1v) is 7.87. The number of pyridine rings is 1. The number of nitrogens with one attached hydrogen (secondary N) is 1. The van der Waals surface area contributed by atoms with Crippen LogP contribution in [0.15, 0.2) is 54.7 Å². The van der Waals surface area contributed by atoms with Crippen molar-refractivity contribution in [2.75, 3.05) is 5.32 Å². The maximum absolute atomic E-state index is 9.49. The van der Waals surface area contributed by atoms with E-state index in [9.17, 15) is 5.26 Å². The molecule has 0 spiro atoms. The van der Waals surface area contributed by atoms with E-state index < -0.39 is 0 Å². The molecule has 0 saturated carbocycles. The fraction of sp³-hybridized carbons (Fsp3) is 0.143. The van der Waals surface area contributed by atoms with Crippen LogP contribution in [0.1, 0.15) is 22.3 Å². The topological polar surface area (TPSA) is 48.7 Å². The molecular weight excluding hydrogens is 294 g/mol. The average Bonchev–Trinajstić information content (AvgIpc) is 2.55. The first kappa shape index (κ1) is 15.8. The van der Waals surface area contributed by atoms with Gasteiger partial charge in [0.1, 0.15) is 11.9 Å². The van der Waals surface area contributed by atoms with Crippen molar-refractivity contribution >= 4 is 11.5 Å². The van der Waals surface area contributed by atoms with E-state index in [1.165, 1.54) is 16.7 Å². The SMILES string of the molecule is Cc1ccc(-c2cnc(Nc3cc(C)cc(C)c3)c(C#N)c2)cc1. The molecule has 3 nitrogen and oxygen atoms in total. The Morgan fingerprint density at radius 3 is 2.12 bits per heavy atom. The van der Waals surface area contributed by atoms with Gasteiger partial charge < -0.3 is 5.32 Å². The number of aromatic nitrogens is 1. The van der Waals surface area contributed by atoms with Crippen molar-refractivity contribution in [1.82, 2.24) is 4.98 Å². The van der Waals surface area contributed by atoms with E-state index in [0.717, 1.165) is 16.8 Å². The number of anilines is 2. The molecule has 0 aliphatic heterocycles. The molecule has 3 heteroatoms. The summed E-state index contributed by atoms with van der Waals surface area (Å²) in [5.41, 5.74) is 7.03. The van der Waals surface area contributed by atoms with Gasteiger partial charge in [-0.25, -0.2) is 4.98 Å². The molecule has 1 heterocycles. The van der Waals surface area contributed by atoms with E-state index in [-0.39, 0.29) is 0 Å². The third-order valence-electron chi connectivity index (χ3n) is 3.88. The minimum atomic E-state index is 0.534. The molecule has 0 atom stereocenters. The first-order chi connectivity index (χ1) is 11.5. The summed E-state index contributed by atoms with van der Waals surface area (Å²) in [6.07, 6.45) is 1.80. The highest BCUT2D eigenvalue weighted by Gasteiger charge is 2.08. The highest BCUT2D eigenvalue weighted by atomic mass is 15.0. The molecule has 0 saturated heterocycles. The standard InChI is InChI=1S/C21H19N3/c1-14-4-6-17(7-5-14)19-11-18(12-22)21(23-13-19)24-20-9-15(2)8-16(3)10-20/h4-11,13H,1-3H3,(H,23,24). The zero-order chi connectivity index (χ0) is 17.1. The molecule has 0 radical (unpaired) electrons. The molecule has 3 rings (SSSR count). The van der Waals surface area contributed by atoms with Gasteiger partial charge in [0.2, 0.25) is 0 Å². The normalized spacial score (nSPS) is 10.2. The molecule has 1 aromatic heterocycles. The monoisotopic (exact) mass is 313 g/mol. The van der Waals surface area contributed by atoms with Gasteiger partial charge in [0.05, 0.1) is 5.56 Å². The molecule has 0 aliphatic rings. The highest BCUT2D eigenvalue weighted by Crippen LogP contribution is 2.26. The zero-order valence-electron chi connectivity index (χ0n) is 14.1.